The molecule has 32 heavy (non-hydrogen) atoms. The molecule has 0 radical (unpaired) electrons. The topological polar surface area (TPSA) is 87.1 Å². The zero-order valence-corrected chi connectivity index (χ0v) is 18.9. The summed E-state index contributed by atoms with van der Waals surface area (Å²) in [5, 5.41) is 15.5. The zero-order valence-electron chi connectivity index (χ0n) is 18.1. The van der Waals surface area contributed by atoms with E-state index in [1.54, 1.807) is 12.1 Å². The predicted octanol–water partition coefficient (Wildman–Crippen LogP) is 3.51. The Balaban J connectivity index is 1.45. The summed E-state index contributed by atoms with van der Waals surface area (Å²) < 4.78 is 6.82. The van der Waals surface area contributed by atoms with Gasteiger partial charge in [0.2, 0.25) is 10.8 Å². The number of aromatic hydroxyl groups is 1. The molecule has 1 aliphatic heterocycles. The molecule has 4 aromatic rings. The van der Waals surface area contributed by atoms with E-state index in [1.165, 1.54) is 27.7 Å². The van der Waals surface area contributed by atoms with Crippen LogP contribution in [0.1, 0.15) is 45.3 Å². The van der Waals surface area contributed by atoms with Crippen LogP contribution in [-0.2, 0) is 6.42 Å². The zero-order chi connectivity index (χ0) is 22.2. The van der Waals surface area contributed by atoms with Gasteiger partial charge in [-0.3, -0.25) is 9.69 Å². The minimum Gasteiger partial charge on any atom is -0.492 e. The third-order valence-electron chi connectivity index (χ3n) is 5.90. The Morgan fingerprint density at radius 2 is 1.94 bits per heavy atom. The molecule has 1 aliphatic rings. The number of nitrogens with zero attached hydrogens (tertiary/aromatic N) is 5. The van der Waals surface area contributed by atoms with Gasteiger partial charge >= 0.3 is 0 Å². The Kier molecular flexibility index (Phi) is 5.44. The lowest BCUT2D eigenvalue weighted by Gasteiger charge is -2.38. The van der Waals surface area contributed by atoms with E-state index in [0.717, 1.165) is 22.7 Å². The average molecular weight is 452 g/mol. The van der Waals surface area contributed by atoms with Gasteiger partial charge < -0.3 is 14.4 Å². The van der Waals surface area contributed by atoms with Crippen molar-refractivity contribution >= 4 is 22.2 Å². The average Bonchev–Trinajstić information content (AvgIpc) is 3.54. The van der Waals surface area contributed by atoms with Gasteiger partial charge in [0.1, 0.15) is 0 Å². The van der Waals surface area contributed by atoms with Gasteiger partial charge in [0.25, 0.3) is 5.91 Å². The van der Waals surface area contributed by atoms with E-state index in [9.17, 15) is 9.90 Å². The van der Waals surface area contributed by atoms with E-state index in [0.29, 0.717) is 36.9 Å². The highest BCUT2D eigenvalue weighted by Gasteiger charge is 2.33. The number of rotatable bonds is 5. The van der Waals surface area contributed by atoms with Crippen molar-refractivity contribution in [3.8, 4) is 5.88 Å². The molecule has 0 spiro atoms. The first-order valence-electron chi connectivity index (χ1n) is 10.8. The smallest absolute Gasteiger partial charge is 0.289 e. The van der Waals surface area contributed by atoms with Crippen molar-refractivity contribution in [3.63, 3.8) is 0 Å². The standard InChI is InChI=1S/C23H25N5O3S/c1-3-18-24-23-28(25-18)22(30)20(32-23)19(16-8-6-15(2)7-9-16)26-10-12-27(13-11-26)21(29)17-5-4-14-31-17/h4-9,14,19,30H,3,10-13H2,1-2H3/t19-/m0/s1. The van der Waals surface area contributed by atoms with E-state index in [4.69, 9.17) is 4.42 Å². The van der Waals surface area contributed by atoms with Crippen LogP contribution in [-0.4, -0.2) is 61.6 Å². The van der Waals surface area contributed by atoms with Gasteiger partial charge in [-0.2, -0.15) is 4.52 Å². The highest BCUT2D eigenvalue weighted by molar-refractivity contribution is 7.17. The summed E-state index contributed by atoms with van der Waals surface area (Å²) in [6.45, 7) is 6.59. The van der Waals surface area contributed by atoms with Gasteiger partial charge in [0.05, 0.1) is 17.2 Å². The maximum absolute atomic E-state index is 12.7. The normalized spacial score (nSPS) is 16.0. The number of fused-ring (bicyclic) bond motifs is 1. The third-order valence-corrected chi connectivity index (χ3v) is 6.97. The van der Waals surface area contributed by atoms with E-state index >= 15 is 0 Å². The van der Waals surface area contributed by atoms with Crippen molar-refractivity contribution in [2.24, 2.45) is 0 Å². The number of carbonyl (C=O) groups is 1. The molecule has 0 bridgehead atoms. The van der Waals surface area contributed by atoms with E-state index in [1.807, 2.05) is 11.8 Å². The van der Waals surface area contributed by atoms with Crippen LogP contribution in [0.2, 0.25) is 0 Å². The number of aromatic nitrogens is 3. The van der Waals surface area contributed by atoms with Gasteiger partial charge in [0.15, 0.2) is 11.6 Å². The summed E-state index contributed by atoms with van der Waals surface area (Å²) >= 11 is 1.47. The molecule has 8 nitrogen and oxygen atoms in total. The minimum atomic E-state index is -0.143. The predicted molar refractivity (Wildman–Crippen MR) is 121 cm³/mol. The molecule has 5 rings (SSSR count). The van der Waals surface area contributed by atoms with Crippen molar-refractivity contribution in [1.82, 2.24) is 24.4 Å². The Labute approximate surface area is 189 Å². The van der Waals surface area contributed by atoms with E-state index in [-0.39, 0.29) is 17.8 Å². The number of furan rings is 1. The van der Waals surface area contributed by atoms with Crippen molar-refractivity contribution in [2.45, 2.75) is 26.3 Å². The molecule has 1 amide bonds. The van der Waals surface area contributed by atoms with Crippen LogP contribution in [0.3, 0.4) is 0 Å². The fraction of sp³-hybridized carbons (Fsp3) is 0.348. The maximum atomic E-state index is 12.7. The van der Waals surface area contributed by atoms with Crippen LogP contribution in [0.4, 0.5) is 0 Å². The molecule has 0 unspecified atom stereocenters. The Bertz CT molecular complexity index is 1220. The Morgan fingerprint density at radius 3 is 2.56 bits per heavy atom. The Hall–Kier alpha value is -3.17. The van der Waals surface area contributed by atoms with Crippen molar-refractivity contribution < 1.29 is 14.3 Å². The summed E-state index contributed by atoms with van der Waals surface area (Å²) in [4.78, 5) is 22.8. The van der Waals surface area contributed by atoms with Crippen LogP contribution in [0.15, 0.2) is 47.1 Å². The first-order valence-corrected chi connectivity index (χ1v) is 11.6. The van der Waals surface area contributed by atoms with Crippen molar-refractivity contribution in [3.05, 3.63) is 70.3 Å². The first-order chi connectivity index (χ1) is 15.5. The van der Waals surface area contributed by atoms with Crippen molar-refractivity contribution in [1.29, 1.82) is 0 Å². The molecule has 1 saturated heterocycles. The van der Waals surface area contributed by atoms with Crippen LogP contribution < -0.4 is 0 Å². The third kappa shape index (κ3) is 3.67. The number of aryl methyl sites for hydroxylation is 2. The summed E-state index contributed by atoms with van der Waals surface area (Å²) in [6.07, 6.45) is 2.24. The molecule has 9 heteroatoms. The lowest BCUT2D eigenvalue weighted by Crippen LogP contribution is -2.49. The summed E-state index contributed by atoms with van der Waals surface area (Å²) in [5.74, 6) is 1.13. The number of carbonyl (C=O) groups excluding carboxylic acids is 1. The number of hydrogen-bond acceptors (Lipinski definition) is 7. The maximum Gasteiger partial charge on any atom is 0.289 e. The van der Waals surface area contributed by atoms with E-state index in [2.05, 4.69) is 46.2 Å². The van der Waals surface area contributed by atoms with Gasteiger partial charge in [-0.1, -0.05) is 48.1 Å². The molecule has 1 N–H and O–H groups in total. The number of amides is 1. The Morgan fingerprint density at radius 1 is 1.19 bits per heavy atom. The highest BCUT2D eigenvalue weighted by atomic mass is 32.1. The molecule has 0 saturated carbocycles. The highest BCUT2D eigenvalue weighted by Crippen LogP contribution is 2.40. The van der Waals surface area contributed by atoms with Gasteiger partial charge in [-0.25, -0.2) is 4.98 Å². The monoisotopic (exact) mass is 451 g/mol. The van der Waals surface area contributed by atoms with E-state index < -0.39 is 0 Å². The lowest BCUT2D eigenvalue weighted by atomic mass is 10.0. The lowest BCUT2D eigenvalue weighted by molar-refractivity contribution is 0.0568. The van der Waals surface area contributed by atoms with Crippen LogP contribution in [0.25, 0.3) is 4.96 Å². The molecule has 3 aromatic heterocycles. The second-order valence-corrected chi connectivity index (χ2v) is 8.99. The molecule has 166 valence electrons. The number of benzene rings is 1. The molecule has 0 aliphatic carbocycles. The number of hydrogen-bond donors (Lipinski definition) is 1. The second kappa shape index (κ2) is 8.40. The fourth-order valence-corrected chi connectivity index (χ4v) is 5.27. The number of thiazole rings is 1. The van der Waals surface area contributed by atoms with Crippen molar-refractivity contribution in [2.75, 3.05) is 26.2 Å². The molecular formula is C23H25N5O3S. The molecule has 1 atom stereocenters. The molecule has 1 aromatic carbocycles. The second-order valence-electron chi connectivity index (χ2n) is 7.98. The summed E-state index contributed by atoms with van der Waals surface area (Å²) in [5.41, 5.74) is 2.28. The van der Waals surface area contributed by atoms with Crippen LogP contribution >= 0.6 is 11.3 Å². The summed E-state index contributed by atoms with van der Waals surface area (Å²) in [6, 6.07) is 11.7. The van der Waals surface area contributed by atoms with Gasteiger partial charge in [0, 0.05) is 32.6 Å². The molecular weight excluding hydrogens is 426 g/mol. The largest absolute Gasteiger partial charge is 0.492 e. The molecule has 4 heterocycles. The van der Waals surface area contributed by atoms with Gasteiger partial charge in [-0.05, 0) is 24.6 Å². The van der Waals surface area contributed by atoms with Gasteiger partial charge in [-0.15, -0.1) is 5.10 Å². The first kappa shape index (κ1) is 20.7. The summed E-state index contributed by atoms with van der Waals surface area (Å²) in [7, 11) is 0. The minimum absolute atomic E-state index is 0.0877. The fourth-order valence-electron chi connectivity index (χ4n) is 4.13. The number of piperazine rings is 1. The quantitative estimate of drug-likeness (QED) is 0.500. The van der Waals surface area contributed by atoms with Crippen LogP contribution in [0.5, 0.6) is 5.88 Å². The molecule has 1 fully saturated rings. The SMILES string of the molecule is CCc1nc2sc([C@H](c3ccc(C)cc3)N3CCN(C(=O)c4ccco4)CC3)c(O)n2n1. The van der Waals surface area contributed by atoms with Crippen LogP contribution in [0, 0.1) is 6.92 Å².